The quantitative estimate of drug-likeness (QED) is 0.571. The Morgan fingerprint density at radius 2 is 1.73 bits per heavy atom. The number of alkyl halides is 3. The SMILES string of the molecule is CC1(C)OC(C)(C)c2c1c(=O)nc1c3ccc(C(F)(F)F)nc3ccn21. The molecule has 0 bridgehead atoms. The highest BCUT2D eigenvalue weighted by atomic mass is 19.4. The van der Waals surface area contributed by atoms with E-state index in [0.29, 0.717) is 16.6 Å². The van der Waals surface area contributed by atoms with Gasteiger partial charge in [-0.1, -0.05) is 0 Å². The Kier molecular flexibility index (Phi) is 3.14. The molecule has 3 aromatic heterocycles. The lowest BCUT2D eigenvalue weighted by molar-refractivity contribution is -0.140. The Hall–Kier alpha value is -2.48. The van der Waals surface area contributed by atoms with Gasteiger partial charge in [-0.25, -0.2) is 4.98 Å². The van der Waals surface area contributed by atoms with Gasteiger partial charge in [0, 0.05) is 11.6 Å². The molecule has 0 amide bonds. The second-order valence-corrected chi connectivity index (χ2v) is 7.40. The highest BCUT2D eigenvalue weighted by molar-refractivity contribution is 5.91. The van der Waals surface area contributed by atoms with Crippen LogP contribution in [0.15, 0.2) is 29.2 Å². The van der Waals surface area contributed by atoms with Crippen LogP contribution in [0.2, 0.25) is 0 Å². The first-order valence-electron chi connectivity index (χ1n) is 8.06. The van der Waals surface area contributed by atoms with Crippen molar-refractivity contribution in [3.05, 3.63) is 51.7 Å². The van der Waals surface area contributed by atoms with Gasteiger partial charge in [0.25, 0.3) is 5.56 Å². The predicted molar refractivity (Wildman–Crippen MR) is 88.9 cm³/mol. The van der Waals surface area contributed by atoms with Gasteiger partial charge in [-0.15, -0.1) is 0 Å². The Morgan fingerprint density at radius 3 is 2.38 bits per heavy atom. The molecule has 0 atom stereocenters. The van der Waals surface area contributed by atoms with Crippen LogP contribution in [0, 0.1) is 0 Å². The summed E-state index contributed by atoms with van der Waals surface area (Å²) < 4.78 is 46.5. The van der Waals surface area contributed by atoms with E-state index in [1.165, 1.54) is 12.1 Å². The highest BCUT2D eigenvalue weighted by Crippen LogP contribution is 2.45. The summed E-state index contributed by atoms with van der Waals surface area (Å²) in [6.07, 6.45) is -2.95. The number of aromatic nitrogens is 3. The summed E-state index contributed by atoms with van der Waals surface area (Å²) >= 11 is 0. The third-order valence-corrected chi connectivity index (χ3v) is 4.65. The number of fused-ring (bicyclic) bond motifs is 5. The molecule has 0 aromatic carbocycles. The van der Waals surface area contributed by atoms with E-state index in [4.69, 9.17) is 4.74 Å². The minimum absolute atomic E-state index is 0.127. The lowest BCUT2D eigenvalue weighted by atomic mass is 9.96. The Balaban J connectivity index is 2.13. The van der Waals surface area contributed by atoms with Gasteiger partial charge in [0.2, 0.25) is 0 Å². The first-order valence-corrected chi connectivity index (χ1v) is 8.06. The van der Waals surface area contributed by atoms with Crippen molar-refractivity contribution < 1.29 is 17.9 Å². The molecule has 0 saturated heterocycles. The van der Waals surface area contributed by atoms with Crippen LogP contribution in [0.25, 0.3) is 16.6 Å². The summed E-state index contributed by atoms with van der Waals surface area (Å²) in [4.78, 5) is 20.5. The molecule has 8 heteroatoms. The van der Waals surface area contributed by atoms with Crippen molar-refractivity contribution >= 4 is 16.6 Å². The van der Waals surface area contributed by atoms with E-state index in [2.05, 4.69) is 9.97 Å². The molecule has 5 nitrogen and oxygen atoms in total. The first-order chi connectivity index (χ1) is 11.9. The van der Waals surface area contributed by atoms with Crippen molar-refractivity contribution in [1.82, 2.24) is 14.4 Å². The fourth-order valence-electron chi connectivity index (χ4n) is 3.83. The van der Waals surface area contributed by atoms with Gasteiger partial charge in [0.15, 0.2) is 5.65 Å². The van der Waals surface area contributed by atoms with Crippen LogP contribution in [-0.4, -0.2) is 14.4 Å². The summed E-state index contributed by atoms with van der Waals surface area (Å²) in [5, 5.41) is 0.376. The van der Waals surface area contributed by atoms with Crippen LogP contribution in [0.5, 0.6) is 0 Å². The fourth-order valence-corrected chi connectivity index (χ4v) is 3.83. The van der Waals surface area contributed by atoms with Gasteiger partial charge < -0.3 is 9.14 Å². The third-order valence-electron chi connectivity index (χ3n) is 4.65. The zero-order valence-corrected chi connectivity index (χ0v) is 14.6. The molecule has 136 valence electrons. The maximum atomic E-state index is 12.9. The third kappa shape index (κ3) is 2.25. The molecule has 3 aromatic rings. The number of hydrogen-bond acceptors (Lipinski definition) is 4. The second kappa shape index (κ2) is 4.82. The van der Waals surface area contributed by atoms with Crippen LogP contribution in [0.1, 0.15) is 44.6 Å². The van der Waals surface area contributed by atoms with Gasteiger partial charge in [-0.05, 0) is 45.9 Å². The number of ether oxygens (including phenoxy) is 1. The summed E-state index contributed by atoms with van der Waals surface area (Å²) in [5.41, 5.74) is -1.48. The van der Waals surface area contributed by atoms with Gasteiger partial charge in [0.1, 0.15) is 11.3 Å². The monoisotopic (exact) mass is 363 g/mol. The molecule has 1 aliphatic heterocycles. The highest BCUT2D eigenvalue weighted by Gasteiger charge is 2.47. The number of pyridine rings is 2. The molecule has 26 heavy (non-hydrogen) atoms. The van der Waals surface area contributed by atoms with Crippen molar-refractivity contribution in [2.45, 2.75) is 45.1 Å². The largest absolute Gasteiger partial charge is 0.433 e. The smallest absolute Gasteiger partial charge is 0.358 e. The molecular weight excluding hydrogens is 347 g/mol. The number of rotatable bonds is 0. The van der Waals surface area contributed by atoms with E-state index in [1.807, 2.05) is 13.8 Å². The van der Waals surface area contributed by atoms with Crippen LogP contribution < -0.4 is 5.56 Å². The predicted octanol–water partition coefficient (Wildman–Crippen LogP) is 3.76. The van der Waals surface area contributed by atoms with Crippen molar-refractivity contribution in [2.24, 2.45) is 0 Å². The molecule has 4 heterocycles. The van der Waals surface area contributed by atoms with E-state index in [9.17, 15) is 18.0 Å². The zero-order valence-electron chi connectivity index (χ0n) is 14.6. The van der Waals surface area contributed by atoms with E-state index in [0.717, 1.165) is 6.07 Å². The summed E-state index contributed by atoms with van der Waals surface area (Å²) in [6, 6.07) is 3.69. The van der Waals surface area contributed by atoms with E-state index < -0.39 is 28.6 Å². The number of nitrogens with zero attached hydrogens (tertiary/aromatic N) is 3. The topological polar surface area (TPSA) is 56.5 Å². The Morgan fingerprint density at radius 1 is 1.04 bits per heavy atom. The summed E-state index contributed by atoms with van der Waals surface area (Å²) in [7, 11) is 0. The lowest BCUT2D eigenvalue weighted by Gasteiger charge is -2.24. The Labute approximate surface area is 146 Å². The zero-order chi connectivity index (χ0) is 19.1. The van der Waals surface area contributed by atoms with E-state index >= 15 is 0 Å². The molecule has 0 N–H and O–H groups in total. The molecular formula is C18H16F3N3O2. The molecule has 1 aliphatic rings. The van der Waals surface area contributed by atoms with Gasteiger partial charge in [-0.2, -0.15) is 18.2 Å². The summed E-state index contributed by atoms with van der Waals surface area (Å²) in [6.45, 7) is 7.30. The van der Waals surface area contributed by atoms with Crippen LogP contribution in [0.4, 0.5) is 13.2 Å². The van der Waals surface area contributed by atoms with Gasteiger partial charge in [-0.3, -0.25) is 4.79 Å². The maximum absolute atomic E-state index is 12.9. The van der Waals surface area contributed by atoms with Gasteiger partial charge in [0.05, 0.1) is 22.4 Å². The second-order valence-electron chi connectivity index (χ2n) is 7.40. The average Bonchev–Trinajstić information content (AvgIpc) is 2.71. The minimum atomic E-state index is -4.54. The Bertz CT molecular complexity index is 1130. The van der Waals surface area contributed by atoms with Crippen LogP contribution >= 0.6 is 0 Å². The van der Waals surface area contributed by atoms with E-state index in [-0.39, 0.29) is 11.2 Å². The van der Waals surface area contributed by atoms with E-state index in [1.54, 1.807) is 24.4 Å². The number of halogens is 3. The molecule has 0 aliphatic carbocycles. The molecule has 0 unspecified atom stereocenters. The maximum Gasteiger partial charge on any atom is 0.433 e. The average molecular weight is 363 g/mol. The van der Waals surface area contributed by atoms with Crippen LogP contribution in [0.3, 0.4) is 0 Å². The summed E-state index contributed by atoms with van der Waals surface area (Å²) in [5.74, 6) is 0. The lowest BCUT2D eigenvalue weighted by Crippen LogP contribution is -2.27. The normalized spacial score (nSPS) is 18.4. The van der Waals surface area contributed by atoms with Crippen molar-refractivity contribution in [1.29, 1.82) is 0 Å². The number of hydrogen-bond donors (Lipinski definition) is 0. The first kappa shape index (κ1) is 17.0. The van der Waals surface area contributed by atoms with Crippen molar-refractivity contribution in [3.63, 3.8) is 0 Å². The fraction of sp³-hybridized carbons (Fsp3) is 0.389. The van der Waals surface area contributed by atoms with Crippen molar-refractivity contribution in [2.75, 3.05) is 0 Å². The molecule has 0 radical (unpaired) electrons. The molecule has 0 fully saturated rings. The standard InChI is InChI=1S/C18H16F3N3O2/c1-16(2)12-13(17(3,4)26-16)24-8-7-10-9(14(24)23-15(12)25)5-6-11(22-10)18(19,20)21/h5-8H,1-4H3. The van der Waals surface area contributed by atoms with Crippen LogP contribution in [-0.2, 0) is 22.1 Å². The van der Waals surface area contributed by atoms with Gasteiger partial charge >= 0.3 is 6.18 Å². The minimum Gasteiger partial charge on any atom is -0.358 e. The molecule has 0 spiro atoms. The van der Waals surface area contributed by atoms with Crippen molar-refractivity contribution in [3.8, 4) is 0 Å². The molecule has 4 rings (SSSR count). The molecule has 0 saturated carbocycles.